The third-order valence-electron chi connectivity index (χ3n) is 3.68. The highest BCUT2D eigenvalue weighted by Crippen LogP contribution is 2.40. The van der Waals surface area contributed by atoms with Crippen LogP contribution in [0.2, 0.25) is 0 Å². The lowest BCUT2D eigenvalue weighted by Gasteiger charge is -2.29. The number of carboxylic acid groups (broad SMARTS) is 1. The first-order valence-electron chi connectivity index (χ1n) is 10.2. The van der Waals surface area contributed by atoms with E-state index in [0.717, 1.165) is 0 Å². The van der Waals surface area contributed by atoms with Crippen molar-refractivity contribution in [2.24, 2.45) is 0 Å². The summed E-state index contributed by atoms with van der Waals surface area (Å²) in [5.74, 6) is -2.85. The first-order valence-corrected chi connectivity index (χ1v) is 10.2. The molecule has 1 unspecified atom stereocenters. The zero-order valence-electron chi connectivity index (χ0n) is 20.1. The molecule has 0 radical (unpaired) electrons. The van der Waals surface area contributed by atoms with E-state index in [1.54, 1.807) is 0 Å². The second-order valence-corrected chi connectivity index (χ2v) is 9.26. The fourth-order valence-corrected chi connectivity index (χ4v) is 2.47. The molecule has 2 amide bonds. The summed E-state index contributed by atoms with van der Waals surface area (Å²) < 4.78 is 57.0. The van der Waals surface area contributed by atoms with E-state index in [4.69, 9.17) is 14.2 Å². The number of aromatic carboxylic acids is 1. The maximum atomic E-state index is 13.9. The van der Waals surface area contributed by atoms with Crippen molar-refractivity contribution < 1.29 is 46.9 Å². The van der Waals surface area contributed by atoms with Gasteiger partial charge in [-0.3, -0.25) is 0 Å². The molecule has 0 saturated carbocycles. The minimum absolute atomic E-state index is 0.0686. The van der Waals surface area contributed by atoms with Gasteiger partial charge in [-0.05, 0) is 54.5 Å². The normalized spacial score (nSPS) is 13.0. The SMILES string of the molecule is C=CCC(C)Oc1nc(C(=O)O)c(N(C(=O)OC(C)(C)C)C(=O)OC(C)(C)C)cc1C(F)(F)F. The van der Waals surface area contributed by atoms with Gasteiger partial charge in [-0.15, -0.1) is 6.58 Å². The summed E-state index contributed by atoms with van der Waals surface area (Å²) in [6.07, 6.45) is -7.26. The van der Waals surface area contributed by atoms with Gasteiger partial charge in [0.1, 0.15) is 22.9 Å². The van der Waals surface area contributed by atoms with Crippen LogP contribution in [0.3, 0.4) is 0 Å². The van der Waals surface area contributed by atoms with Crippen molar-refractivity contribution in [1.82, 2.24) is 4.98 Å². The van der Waals surface area contributed by atoms with Crippen LogP contribution in [0.15, 0.2) is 18.7 Å². The van der Waals surface area contributed by atoms with E-state index in [2.05, 4.69) is 11.6 Å². The Bertz CT molecular complexity index is 920. The van der Waals surface area contributed by atoms with E-state index in [1.807, 2.05) is 0 Å². The van der Waals surface area contributed by atoms with Crippen LogP contribution in [0.5, 0.6) is 5.88 Å². The van der Waals surface area contributed by atoms with E-state index in [1.165, 1.54) is 54.5 Å². The summed E-state index contributed by atoms with van der Waals surface area (Å²) in [7, 11) is 0. The highest BCUT2D eigenvalue weighted by Gasteiger charge is 2.42. The van der Waals surface area contributed by atoms with Crippen LogP contribution >= 0.6 is 0 Å². The molecule has 12 heteroatoms. The number of halogens is 3. The number of alkyl halides is 3. The van der Waals surface area contributed by atoms with E-state index in [-0.39, 0.29) is 11.3 Å². The van der Waals surface area contributed by atoms with Crippen LogP contribution in [0.25, 0.3) is 0 Å². The number of carbonyl (C=O) groups excluding carboxylic acids is 2. The summed E-state index contributed by atoms with van der Waals surface area (Å²) in [4.78, 5) is 41.2. The second kappa shape index (κ2) is 10.3. The fraction of sp³-hybridized carbons (Fsp3) is 0.545. The van der Waals surface area contributed by atoms with E-state index in [0.29, 0.717) is 6.07 Å². The topological polar surface area (TPSA) is 115 Å². The number of rotatable bonds is 6. The Morgan fingerprint density at radius 3 is 1.91 bits per heavy atom. The minimum Gasteiger partial charge on any atom is -0.476 e. The van der Waals surface area contributed by atoms with Crippen LogP contribution in [-0.4, -0.2) is 45.6 Å². The number of imide groups is 1. The van der Waals surface area contributed by atoms with Crippen LogP contribution in [0.1, 0.15) is 70.9 Å². The quantitative estimate of drug-likeness (QED) is 0.496. The van der Waals surface area contributed by atoms with Gasteiger partial charge in [0, 0.05) is 6.42 Å². The molecule has 0 aliphatic rings. The van der Waals surface area contributed by atoms with E-state index in [9.17, 15) is 32.7 Å². The number of hydrogen-bond donors (Lipinski definition) is 1. The van der Waals surface area contributed by atoms with Gasteiger partial charge in [0.2, 0.25) is 5.88 Å². The van der Waals surface area contributed by atoms with Gasteiger partial charge < -0.3 is 19.3 Å². The Morgan fingerprint density at radius 2 is 1.56 bits per heavy atom. The van der Waals surface area contributed by atoms with Crippen molar-refractivity contribution in [3.8, 4) is 5.88 Å². The molecule has 190 valence electrons. The number of carbonyl (C=O) groups is 3. The number of ether oxygens (including phenoxy) is 3. The molecular weight excluding hydrogens is 461 g/mol. The first kappa shape index (κ1) is 28.7. The second-order valence-electron chi connectivity index (χ2n) is 9.26. The molecule has 0 saturated heterocycles. The lowest BCUT2D eigenvalue weighted by Crippen LogP contribution is -2.44. The Morgan fingerprint density at radius 1 is 1.09 bits per heavy atom. The molecule has 0 aliphatic carbocycles. The largest absolute Gasteiger partial charge is 0.476 e. The van der Waals surface area contributed by atoms with E-state index >= 15 is 0 Å². The third-order valence-corrected chi connectivity index (χ3v) is 3.68. The summed E-state index contributed by atoms with van der Waals surface area (Å²) in [6, 6.07) is 0.292. The highest BCUT2D eigenvalue weighted by atomic mass is 19.4. The van der Waals surface area contributed by atoms with Crippen molar-refractivity contribution >= 4 is 23.8 Å². The van der Waals surface area contributed by atoms with Crippen molar-refractivity contribution in [3.63, 3.8) is 0 Å². The molecule has 1 N–H and O–H groups in total. The molecule has 1 atom stereocenters. The molecule has 1 aromatic heterocycles. The molecule has 0 fully saturated rings. The third kappa shape index (κ3) is 8.23. The summed E-state index contributed by atoms with van der Waals surface area (Å²) >= 11 is 0. The number of carboxylic acids is 1. The first-order chi connectivity index (χ1) is 15.3. The monoisotopic (exact) mass is 490 g/mol. The summed E-state index contributed by atoms with van der Waals surface area (Å²) in [5, 5.41) is 9.65. The van der Waals surface area contributed by atoms with Gasteiger partial charge in [0.15, 0.2) is 5.69 Å². The standard InChI is InChI=1S/C22H29F3N2O7/c1-9-10-12(2)32-16-13(22(23,24)25)11-14(15(26-16)17(28)29)27(18(30)33-20(3,4)5)19(31)34-21(6,7)8/h9,11-12H,1,10H2,2-8H3,(H,28,29). The molecule has 34 heavy (non-hydrogen) atoms. The maximum absolute atomic E-state index is 13.9. The molecule has 0 aromatic carbocycles. The van der Waals surface area contributed by atoms with Gasteiger partial charge in [-0.25, -0.2) is 19.4 Å². The fourth-order valence-electron chi connectivity index (χ4n) is 2.47. The predicted molar refractivity (Wildman–Crippen MR) is 116 cm³/mol. The number of hydrogen-bond acceptors (Lipinski definition) is 7. The predicted octanol–water partition coefficient (Wildman–Crippen LogP) is 5.82. The number of nitrogens with zero attached hydrogens (tertiary/aromatic N) is 2. The van der Waals surface area contributed by atoms with Crippen molar-refractivity contribution in [3.05, 3.63) is 30.0 Å². The van der Waals surface area contributed by atoms with Crippen LogP contribution in [0, 0.1) is 0 Å². The summed E-state index contributed by atoms with van der Waals surface area (Å²) in [5.41, 5.74) is -5.90. The molecule has 9 nitrogen and oxygen atoms in total. The molecular formula is C22H29F3N2O7. The molecule has 0 aliphatic heterocycles. The number of aromatic nitrogens is 1. The zero-order chi connectivity index (χ0) is 26.6. The van der Waals surface area contributed by atoms with Gasteiger partial charge in [0.05, 0.1) is 5.69 Å². The van der Waals surface area contributed by atoms with Crippen molar-refractivity contribution in [2.45, 2.75) is 78.4 Å². The summed E-state index contributed by atoms with van der Waals surface area (Å²) in [6.45, 7) is 13.6. The lowest BCUT2D eigenvalue weighted by atomic mass is 10.1. The average molecular weight is 490 g/mol. The number of anilines is 1. The van der Waals surface area contributed by atoms with Gasteiger partial charge in [0.25, 0.3) is 0 Å². The van der Waals surface area contributed by atoms with Gasteiger partial charge >= 0.3 is 24.3 Å². The van der Waals surface area contributed by atoms with Crippen molar-refractivity contribution in [1.29, 1.82) is 0 Å². The molecule has 0 bridgehead atoms. The van der Waals surface area contributed by atoms with Gasteiger partial charge in [-0.1, -0.05) is 6.08 Å². The van der Waals surface area contributed by atoms with Crippen LogP contribution in [0.4, 0.5) is 28.4 Å². The van der Waals surface area contributed by atoms with E-state index < -0.39 is 64.5 Å². The van der Waals surface area contributed by atoms with Crippen molar-refractivity contribution in [2.75, 3.05) is 4.90 Å². The minimum atomic E-state index is -5.07. The lowest BCUT2D eigenvalue weighted by molar-refractivity contribution is -0.139. The molecule has 0 spiro atoms. The van der Waals surface area contributed by atoms with Crippen LogP contribution < -0.4 is 9.64 Å². The Balaban J connectivity index is 3.87. The molecule has 1 aromatic rings. The van der Waals surface area contributed by atoms with Crippen LogP contribution in [-0.2, 0) is 15.7 Å². The smallest absolute Gasteiger partial charge is 0.424 e. The number of amides is 2. The Kier molecular flexibility index (Phi) is 8.71. The molecule has 1 heterocycles. The maximum Gasteiger partial charge on any atom is 0.424 e. The Labute approximate surface area is 195 Å². The van der Waals surface area contributed by atoms with Gasteiger partial charge in [-0.2, -0.15) is 18.1 Å². The highest BCUT2D eigenvalue weighted by molar-refractivity contribution is 6.12. The Hall–Kier alpha value is -3.31. The molecule has 1 rings (SSSR count). The average Bonchev–Trinajstić information content (AvgIpc) is 2.58. The number of pyridine rings is 1. The zero-order valence-corrected chi connectivity index (χ0v) is 20.1.